The molecule has 0 saturated heterocycles. The van der Waals surface area contributed by atoms with Crippen LogP contribution in [0.2, 0.25) is 0 Å². The first-order valence-electron chi connectivity index (χ1n) is 4.54. The van der Waals surface area contributed by atoms with Gasteiger partial charge < -0.3 is 5.73 Å². The van der Waals surface area contributed by atoms with Crippen LogP contribution < -0.4 is 5.73 Å². The van der Waals surface area contributed by atoms with Gasteiger partial charge in [-0.25, -0.2) is 4.98 Å². The standard InChI is InChI=1S/C10H15N3S/c1-7(2)6-14-9-5-3-4-8(13-9)10(11)12/h3-5,7H,6H2,1-2H3,(H3,11,12). The smallest absolute Gasteiger partial charge is 0.141 e. The number of hydrogen-bond acceptors (Lipinski definition) is 3. The molecule has 1 rings (SSSR count). The van der Waals surface area contributed by atoms with Crippen molar-refractivity contribution < 1.29 is 0 Å². The number of nitrogens with two attached hydrogens (primary N) is 1. The fourth-order valence-electron chi connectivity index (χ4n) is 0.897. The summed E-state index contributed by atoms with van der Waals surface area (Å²) in [6, 6.07) is 5.58. The maximum absolute atomic E-state index is 7.25. The number of thioether (sulfide) groups is 1. The van der Waals surface area contributed by atoms with Crippen LogP contribution in [0.15, 0.2) is 23.2 Å². The van der Waals surface area contributed by atoms with E-state index in [-0.39, 0.29) is 5.84 Å². The van der Waals surface area contributed by atoms with E-state index in [4.69, 9.17) is 11.1 Å². The van der Waals surface area contributed by atoms with Gasteiger partial charge in [-0.3, -0.25) is 5.41 Å². The molecule has 0 aromatic carbocycles. The van der Waals surface area contributed by atoms with Gasteiger partial charge in [0.25, 0.3) is 0 Å². The lowest BCUT2D eigenvalue weighted by Gasteiger charge is -2.04. The minimum Gasteiger partial charge on any atom is -0.382 e. The van der Waals surface area contributed by atoms with Gasteiger partial charge in [0.2, 0.25) is 0 Å². The molecule has 3 N–H and O–H groups in total. The number of pyridine rings is 1. The molecule has 0 fully saturated rings. The summed E-state index contributed by atoms with van der Waals surface area (Å²) in [6.07, 6.45) is 0. The van der Waals surface area contributed by atoms with Crippen molar-refractivity contribution in [1.82, 2.24) is 4.98 Å². The molecule has 0 saturated carbocycles. The quantitative estimate of drug-likeness (QED) is 0.453. The third-order valence-corrected chi connectivity index (χ3v) is 2.92. The van der Waals surface area contributed by atoms with Gasteiger partial charge in [0.05, 0.1) is 5.03 Å². The highest BCUT2D eigenvalue weighted by Gasteiger charge is 2.01. The van der Waals surface area contributed by atoms with Crippen molar-refractivity contribution in [3.05, 3.63) is 23.9 Å². The number of nitrogens with zero attached hydrogens (tertiary/aromatic N) is 1. The van der Waals surface area contributed by atoms with Gasteiger partial charge in [-0.2, -0.15) is 0 Å². The Hall–Kier alpha value is -1.03. The van der Waals surface area contributed by atoms with Gasteiger partial charge >= 0.3 is 0 Å². The van der Waals surface area contributed by atoms with Crippen LogP contribution in [0.25, 0.3) is 0 Å². The zero-order valence-corrected chi connectivity index (χ0v) is 9.27. The first kappa shape index (κ1) is 11.0. The molecule has 0 unspecified atom stereocenters. The van der Waals surface area contributed by atoms with Crippen molar-refractivity contribution in [1.29, 1.82) is 5.41 Å². The number of rotatable bonds is 4. The summed E-state index contributed by atoms with van der Waals surface area (Å²) in [5.74, 6) is 1.70. The molecule has 0 aliphatic rings. The molecule has 3 nitrogen and oxygen atoms in total. The molecule has 1 aromatic heterocycles. The van der Waals surface area contributed by atoms with Crippen LogP contribution >= 0.6 is 11.8 Å². The predicted molar refractivity (Wildman–Crippen MR) is 60.8 cm³/mol. The lowest BCUT2D eigenvalue weighted by Crippen LogP contribution is -2.13. The van der Waals surface area contributed by atoms with Gasteiger partial charge in [-0.1, -0.05) is 19.9 Å². The highest BCUT2D eigenvalue weighted by atomic mass is 32.2. The molecule has 0 spiro atoms. The first-order valence-corrected chi connectivity index (χ1v) is 5.52. The Bertz CT molecular complexity index is 323. The largest absolute Gasteiger partial charge is 0.382 e. The Labute approximate surface area is 88.6 Å². The van der Waals surface area contributed by atoms with E-state index in [2.05, 4.69) is 18.8 Å². The van der Waals surface area contributed by atoms with Gasteiger partial charge in [-0.15, -0.1) is 11.8 Å². The summed E-state index contributed by atoms with van der Waals surface area (Å²) in [5, 5.41) is 8.19. The lowest BCUT2D eigenvalue weighted by molar-refractivity contribution is 0.749. The molecule has 0 radical (unpaired) electrons. The number of aromatic nitrogens is 1. The van der Waals surface area contributed by atoms with Crippen molar-refractivity contribution in [3.63, 3.8) is 0 Å². The maximum Gasteiger partial charge on any atom is 0.141 e. The molecule has 1 aromatic rings. The average molecular weight is 209 g/mol. The maximum atomic E-state index is 7.25. The topological polar surface area (TPSA) is 62.8 Å². The SMILES string of the molecule is CC(C)CSc1cccc(C(=N)N)n1. The van der Waals surface area contributed by atoms with Crippen LogP contribution in [-0.2, 0) is 0 Å². The fraction of sp³-hybridized carbons (Fsp3) is 0.400. The van der Waals surface area contributed by atoms with Crippen LogP contribution in [0.5, 0.6) is 0 Å². The molecule has 0 atom stereocenters. The van der Waals surface area contributed by atoms with Gasteiger partial charge in [0, 0.05) is 5.75 Å². The van der Waals surface area contributed by atoms with Crippen molar-refractivity contribution in [3.8, 4) is 0 Å². The third-order valence-electron chi connectivity index (χ3n) is 1.56. The molecule has 1 heterocycles. The summed E-state index contributed by atoms with van der Waals surface area (Å²) < 4.78 is 0. The Balaban J connectivity index is 2.69. The molecule has 4 heteroatoms. The fourth-order valence-corrected chi connectivity index (χ4v) is 1.74. The second-order valence-corrected chi connectivity index (χ2v) is 4.52. The Morgan fingerprint density at radius 2 is 2.29 bits per heavy atom. The molecule has 14 heavy (non-hydrogen) atoms. The van der Waals surface area contributed by atoms with Crippen LogP contribution in [-0.4, -0.2) is 16.6 Å². The Kier molecular flexibility index (Phi) is 3.95. The number of nitrogen functional groups attached to an aromatic ring is 1. The van der Waals surface area contributed by atoms with Crippen molar-refractivity contribution >= 4 is 17.6 Å². The Morgan fingerprint density at radius 3 is 2.86 bits per heavy atom. The molecular formula is C10H15N3S. The number of nitrogens with one attached hydrogen (secondary N) is 1. The van der Waals surface area contributed by atoms with Crippen molar-refractivity contribution in [2.75, 3.05) is 5.75 Å². The van der Waals surface area contributed by atoms with E-state index in [0.29, 0.717) is 11.6 Å². The normalized spacial score (nSPS) is 10.5. The molecular weight excluding hydrogens is 194 g/mol. The minimum atomic E-state index is 0.0250. The van der Waals surface area contributed by atoms with E-state index in [1.165, 1.54) is 0 Å². The highest BCUT2D eigenvalue weighted by molar-refractivity contribution is 7.99. The number of hydrogen-bond donors (Lipinski definition) is 2. The average Bonchev–Trinajstić information content (AvgIpc) is 2.15. The van der Waals surface area contributed by atoms with E-state index in [9.17, 15) is 0 Å². The molecule has 0 bridgehead atoms. The molecule has 76 valence electrons. The third kappa shape index (κ3) is 3.38. The second-order valence-electron chi connectivity index (χ2n) is 3.48. The Morgan fingerprint density at radius 1 is 1.57 bits per heavy atom. The molecule has 0 amide bonds. The van der Waals surface area contributed by atoms with Crippen molar-refractivity contribution in [2.45, 2.75) is 18.9 Å². The van der Waals surface area contributed by atoms with E-state index in [0.717, 1.165) is 10.8 Å². The zero-order chi connectivity index (χ0) is 10.6. The summed E-state index contributed by atoms with van der Waals surface area (Å²) in [6.45, 7) is 4.34. The van der Waals surface area contributed by atoms with E-state index < -0.39 is 0 Å². The second kappa shape index (κ2) is 5.00. The van der Waals surface area contributed by atoms with Gasteiger partial charge in [0.1, 0.15) is 11.5 Å². The van der Waals surface area contributed by atoms with Crippen LogP contribution in [0, 0.1) is 11.3 Å². The molecule has 0 aliphatic carbocycles. The van der Waals surface area contributed by atoms with Crippen LogP contribution in [0.4, 0.5) is 0 Å². The van der Waals surface area contributed by atoms with E-state index in [1.54, 1.807) is 17.8 Å². The van der Waals surface area contributed by atoms with Crippen LogP contribution in [0.1, 0.15) is 19.5 Å². The summed E-state index contributed by atoms with van der Waals surface area (Å²) in [5.41, 5.74) is 5.90. The summed E-state index contributed by atoms with van der Waals surface area (Å²) in [4.78, 5) is 4.26. The predicted octanol–water partition coefficient (Wildman–Crippen LogP) is 2.11. The van der Waals surface area contributed by atoms with Gasteiger partial charge in [-0.05, 0) is 18.1 Å². The minimum absolute atomic E-state index is 0.0250. The van der Waals surface area contributed by atoms with Crippen LogP contribution in [0.3, 0.4) is 0 Å². The molecule has 0 aliphatic heterocycles. The first-order chi connectivity index (χ1) is 6.59. The van der Waals surface area contributed by atoms with E-state index in [1.807, 2.05) is 12.1 Å². The summed E-state index contributed by atoms with van der Waals surface area (Å²) in [7, 11) is 0. The van der Waals surface area contributed by atoms with Gasteiger partial charge in [0.15, 0.2) is 0 Å². The highest BCUT2D eigenvalue weighted by Crippen LogP contribution is 2.18. The zero-order valence-electron chi connectivity index (χ0n) is 8.45. The van der Waals surface area contributed by atoms with E-state index >= 15 is 0 Å². The number of amidine groups is 1. The lowest BCUT2D eigenvalue weighted by atomic mass is 10.3. The van der Waals surface area contributed by atoms with Crippen molar-refractivity contribution in [2.24, 2.45) is 11.7 Å². The monoisotopic (exact) mass is 209 g/mol. The summed E-state index contributed by atoms with van der Waals surface area (Å²) >= 11 is 1.70.